The maximum absolute atomic E-state index is 5.63. The molecule has 2 rings (SSSR count). The topological polar surface area (TPSA) is 42.1 Å². The molecule has 1 aliphatic rings. The molecule has 0 saturated heterocycles. The average molecular weight is 245 g/mol. The first-order chi connectivity index (χ1) is 8.50. The van der Waals surface area contributed by atoms with Crippen molar-refractivity contribution in [2.75, 3.05) is 18.0 Å². The van der Waals surface area contributed by atoms with Crippen molar-refractivity contribution in [3.8, 4) is 0 Å². The Bertz CT molecular complexity index is 443. The maximum Gasteiger partial charge on any atom is 0.129 e. The monoisotopic (exact) mass is 245 g/mol. The zero-order valence-corrected chi connectivity index (χ0v) is 11.6. The summed E-state index contributed by atoms with van der Waals surface area (Å²) < 4.78 is 0. The number of pyridine rings is 1. The van der Waals surface area contributed by atoms with E-state index in [0.29, 0.717) is 12.0 Å². The molecule has 0 aliphatic carbocycles. The molecule has 1 aliphatic heterocycles. The van der Waals surface area contributed by atoms with E-state index in [1.807, 2.05) is 12.1 Å². The minimum absolute atomic E-state index is 0.290. The molecule has 3 heteroatoms. The standard InChI is InChI=1S/C15H23N3/c1-15(2,3)12-7-9-18(10-8-12)14-6-4-5-13(11-16)17-14/h4-7H,8-11,16H2,1-3H3. The van der Waals surface area contributed by atoms with E-state index in [2.05, 4.69) is 42.8 Å². The molecule has 2 N–H and O–H groups in total. The molecule has 1 aromatic heterocycles. The lowest BCUT2D eigenvalue weighted by molar-refractivity contribution is 0.472. The predicted molar refractivity (Wildman–Crippen MR) is 76.5 cm³/mol. The number of nitrogens with zero attached hydrogens (tertiary/aromatic N) is 2. The number of rotatable bonds is 2. The summed E-state index contributed by atoms with van der Waals surface area (Å²) in [6.45, 7) is 9.34. The van der Waals surface area contributed by atoms with Crippen molar-refractivity contribution in [2.24, 2.45) is 11.1 Å². The number of anilines is 1. The van der Waals surface area contributed by atoms with Crippen LogP contribution in [0.2, 0.25) is 0 Å². The van der Waals surface area contributed by atoms with Crippen LogP contribution in [0, 0.1) is 5.41 Å². The second-order valence-corrected chi connectivity index (χ2v) is 5.87. The Kier molecular flexibility index (Phi) is 3.71. The fourth-order valence-electron chi connectivity index (χ4n) is 2.32. The summed E-state index contributed by atoms with van der Waals surface area (Å²) >= 11 is 0. The molecule has 98 valence electrons. The summed E-state index contributed by atoms with van der Waals surface area (Å²) in [5.74, 6) is 1.04. The SMILES string of the molecule is CC(C)(C)C1=CCN(c2cccc(CN)n2)CC1. The van der Waals surface area contributed by atoms with Gasteiger partial charge in [-0.05, 0) is 24.0 Å². The van der Waals surface area contributed by atoms with Crippen molar-refractivity contribution < 1.29 is 0 Å². The molecule has 0 saturated carbocycles. The lowest BCUT2D eigenvalue weighted by Gasteiger charge is -2.32. The van der Waals surface area contributed by atoms with Crippen LogP contribution >= 0.6 is 0 Å². The third kappa shape index (κ3) is 2.91. The Hall–Kier alpha value is -1.35. The van der Waals surface area contributed by atoms with Gasteiger partial charge in [0.25, 0.3) is 0 Å². The van der Waals surface area contributed by atoms with Crippen molar-refractivity contribution >= 4 is 5.82 Å². The summed E-state index contributed by atoms with van der Waals surface area (Å²) in [7, 11) is 0. The summed E-state index contributed by atoms with van der Waals surface area (Å²) in [5.41, 5.74) is 8.43. The quantitative estimate of drug-likeness (QED) is 0.815. The van der Waals surface area contributed by atoms with Gasteiger partial charge in [-0.15, -0.1) is 0 Å². The molecule has 2 heterocycles. The largest absolute Gasteiger partial charge is 0.353 e. The molecule has 0 bridgehead atoms. The molecule has 0 unspecified atom stereocenters. The van der Waals surface area contributed by atoms with E-state index >= 15 is 0 Å². The Morgan fingerprint density at radius 2 is 2.11 bits per heavy atom. The minimum Gasteiger partial charge on any atom is -0.353 e. The van der Waals surface area contributed by atoms with Gasteiger partial charge in [0.15, 0.2) is 0 Å². The summed E-state index contributed by atoms with van der Waals surface area (Å²) in [4.78, 5) is 6.89. The molecule has 0 spiro atoms. The zero-order valence-electron chi connectivity index (χ0n) is 11.6. The van der Waals surface area contributed by atoms with Gasteiger partial charge in [0, 0.05) is 19.6 Å². The smallest absolute Gasteiger partial charge is 0.129 e. The molecule has 18 heavy (non-hydrogen) atoms. The Morgan fingerprint density at radius 1 is 1.33 bits per heavy atom. The van der Waals surface area contributed by atoms with Crippen LogP contribution in [-0.4, -0.2) is 18.1 Å². The van der Waals surface area contributed by atoms with Crippen molar-refractivity contribution in [1.29, 1.82) is 0 Å². The van der Waals surface area contributed by atoms with E-state index in [9.17, 15) is 0 Å². The first-order valence-corrected chi connectivity index (χ1v) is 6.61. The van der Waals surface area contributed by atoms with E-state index in [1.165, 1.54) is 0 Å². The van der Waals surface area contributed by atoms with Crippen LogP contribution in [0.5, 0.6) is 0 Å². The Balaban J connectivity index is 2.11. The van der Waals surface area contributed by atoms with Gasteiger partial charge < -0.3 is 10.6 Å². The highest BCUT2D eigenvalue weighted by atomic mass is 15.2. The van der Waals surface area contributed by atoms with Crippen LogP contribution in [0.1, 0.15) is 32.9 Å². The Morgan fingerprint density at radius 3 is 2.67 bits per heavy atom. The summed E-state index contributed by atoms with van der Waals surface area (Å²) in [6.07, 6.45) is 3.47. The molecule has 0 radical (unpaired) electrons. The van der Waals surface area contributed by atoms with Gasteiger partial charge in [0.05, 0.1) is 5.69 Å². The fraction of sp³-hybridized carbons (Fsp3) is 0.533. The molecule has 1 aromatic rings. The number of hydrogen-bond donors (Lipinski definition) is 1. The second-order valence-electron chi connectivity index (χ2n) is 5.87. The second kappa shape index (κ2) is 5.11. The van der Waals surface area contributed by atoms with Crippen LogP contribution in [0.3, 0.4) is 0 Å². The Labute approximate surface area is 110 Å². The highest BCUT2D eigenvalue weighted by Gasteiger charge is 2.21. The number of nitrogens with two attached hydrogens (primary N) is 1. The lowest BCUT2D eigenvalue weighted by atomic mass is 9.83. The highest BCUT2D eigenvalue weighted by Crippen LogP contribution is 2.31. The van der Waals surface area contributed by atoms with Crippen molar-refractivity contribution in [1.82, 2.24) is 4.98 Å². The number of aromatic nitrogens is 1. The predicted octanol–water partition coefficient (Wildman–Crippen LogP) is 2.72. The van der Waals surface area contributed by atoms with Crippen LogP contribution in [0.25, 0.3) is 0 Å². The molecule has 0 amide bonds. The number of hydrogen-bond acceptors (Lipinski definition) is 3. The van der Waals surface area contributed by atoms with E-state index in [0.717, 1.165) is 31.0 Å². The van der Waals surface area contributed by atoms with E-state index in [1.54, 1.807) is 5.57 Å². The summed E-state index contributed by atoms with van der Waals surface area (Å²) in [6, 6.07) is 6.08. The van der Waals surface area contributed by atoms with Gasteiger partial charge in [-0.3, -0.25) is 0 Å². The van der Waals surface area contributed by atoms with Gasteiger partial charge in [0.2, 0.25) is 0 Å². The van der Waals surface area contributed by atoms with Crippen molar-refractivity contribution in [3.63, 3.8) is 0 Å². The van der Waals surface area contributed by atoms with E-state index in [-0.39, 0.29) is 0 Å². The van der Waals surface area contributed by atoms with Gasteiger partial charge in [-0.1, -0.05) is 38.5 Å². The van der Waals surface area contributed by atoms with Crippen LogP contribution in [-0.2, 0) is 6.54 Å². The highest BCUT2D eigenvalue weighted by molar-refractivity contribution is 5.42. The minimum atomic E-state index is 0.290. The zero-order chi connectivity index (χ0) is 13.2. The van der Waals surface area contributed by atoms with Crippen LogP contribution < -0.4 is 10.6 Å². The maximum atomic E-state index is 5.63. The normalized spacial score (nSPS) is 16.7. The van der Waals surface area contributed by atoms with Crippen molar-refractivity contribution in [2.45, 2.75) is 33.7 Å². The van der Waals surface area contributed by atoms with Gasteiger partial charge in [-0.25, -0.2) is 4.98 Å². The van der Waals surface area contributed by atoms with Gasteiger partial charge >= 0.3 is 0 Å². The third-order valence-corrected chi connectivity index (χ3v) is 3.50. The van der Waals surface area contributed by atoms with E-state index < -0.39 is 0 Å². The van der Waals surface area contributed by atoms with Crippen LogP contribution in [0.15, 0.2) is 29.8 Å². The van der Waals surface area contributed by atoms with Crippen molar-refractivity contribution in [3.05, 3.63) is 35.5 Å². The summed E-state index contributed by atoms with van der Waals surface area (Å²) in [5, 5.41) is 0. The molecular weight excluding hydrogens is 222 g/mol. The van der Waals surface area contributed by atoms with Gasteiger partial charge in [0.1, 0.15) is 5.82 Å². The van der Waals surface area contributed by atoms with Crippen LogP contribution in [0.4, 0.5) is 5.82 Å². The molecule has 0 aromatic carbocycles. The molecule has 0 atom stereocenters. The molecule has 3 nitrogen and oxygen atoms in total. The lowest BCUT2D eigenvalue weighted by Crippen LogP contribution is -2.32. The molecule has 0 fully saturated rings. The third-order valence-electron chi connectivity index (χ3n) is 3.50. The molecular formula is C15H23N3. The fourth-order valence-corrected chi connectivity index (χ4v) is 2.32. The van der Waals surface area contributed by atoms with Gasteiger partial charge in [-0.2, -0.15) is 0 Å². The first kappa shape index (κ1) is 13.1. The first-order valence-electron chi connectivity index (χ1n) is 6.61. The van der Waals surface area contributed by atoms with E-state index in [4.69, 9.17) is 5.73 Å². The average Bonchev–Trinajstić information content (AvgIpc) is 2.38.